The Bertz CT molecular complexity index is 696. The largest absolute Gasteiger partial charge is 0.451 e. The first kappa shape index (κ1) is 11.7. The molecule has 0 aliphatic heterocycles. The van der Waals surface area contributed by atoms with E-state index in [9.17, 15) is 4.79 Å². The molecule has 2 heterocycles. The number of hydrazone groups is 1. The molecule has 0 radical (unpaired) electrons. The molecule has 0 saturated carbocycles. The van der Waals surface area contributed by atoms with Crippen LogP contribution in [0.5, 0.6) is 0 Å². The third-order valence-corrected chi connectivity index (χ3v) is 3.36. The number of carbonyl (C=O) groups excluding carboxylic acids is 1. The molecule has 2 aromatic heterocycles. The average molecular weight is 270 g/mol. The number of amides is 1. The van der Waals surface area contributed by atoms with Gasteiger partial charge in [0.05, 0.1) is 6.21 Å². The molecule has 19 heavy (non-hydrogen) atoms. The fourth-order valence-electron chi connectivity index (χ4n) is 1.67. The predicted molar refractivity (Wildman–Crippen MR) is 75.6 cm³/mol. The number of furan rings is 1. The van der Waals surface area contributed by atoms with E-state index >= 15 is 0 Å². The molecule has 5 heteroatoms. The van der Waals surface area contributed by atoms with Crippen LogP contribution in [0.2, 0.25) is 0 Å². The second kappa shape index (κ2) is 5.07. The number of fused-ring (bicyclic) bond motifs is 1. The Labute approximate surface area is 113 Å². The molecule has 0 atom stereocenters. The van der Waals surface area contributed by atoms with Crippen molar-refractivity contribution in [3.8, 4) is 0 Å². The number of hydrogen-bond acceptors (Lipinski definition) is 4. The molecular formula is C14H10N2O2S. The highest BCUT2D eigenvalue weighted by molar-refractivity contribution is 7.11. The zero-order chi connectivity index (χ0) is 13.1. The molecule has 94 valence electrons. The van der Waals surface area contributed by atoms with Crippen LogP contribution in [0.4, 0.5) is 0 Å². The molecule has 0 aliphatic carbocycles. The van der Waals surface area contributed by atoms with Crippen molar-refractivity contribution in [3.63, 3.8) is 0 Å². The van der Waals surface area contributed by atoms with Crippen LogP contribution in [-0.4, -0.2) is 12.1 Å². The van der Waals surface area contributed by atoms with E-state index in [-0.39, 0.29) is 11.7 Å². The molecule has 4 nitrogen and oxygen atoms in total. The van der Waals surface area contributed by atoms with Crippen LogP contribution >= 0.6 is 11.3 Å². The van der Waals surface area contributed by atoms with Crippen LogP contribution in [0.15, 0.2) is 57.4 Å². The molecule has 0 saturated heterocycles. The Morgan fingerprint density at radius 3 is 2.95 bits per heavy atom. The third-order valence-electron chi connectivity index (χ3n) is 2.55. The lowest BCUT2D eigenvalue weighted by Crippen LogP contribution is -2.16. The molecule has 1 N–H and O–H groups in total. The number of benzene rings is 1. The van der Waals surface area contributed by atoms with Crippen molar-refractivity contribution in [1.29, 1.82) is 0 Å². The zero-order valence-corrected chi connectivity index (χ0v) is 10.7. The van der Waals surface area contributed by atoms with Gasteiger partial charge in [-0.25, -0.2) is 5.43 Å². The maximum atomic E-state index is 11.8. The van der Waals surface area contributed by atoms with Gasteiger partial charge in [-0.2, -0.15) is 5.10 Å². The van der Waals surface area contributed by atoms with Crippen molar-refractivity contribution in [3.05, 3.63) is 58.5 Å². The van der Waals surface area contributed by atoms with Gasteiger partial charge in [0.25, 0.3) is 0 Å². The number of thiophene rings is 1. The van der Waals surface area contributed by atoms with Crippen molar-refractivity contribution in [2.45, 2.75) is 0 Å². The summed E-state index contributed by atoms with van der Waals surface area (Å²) in [7, 11) is 0. The molecule has 1 aromatic carbocycles. The maximum Gasteiger partial charge on any atom is 0.307 e. The minimum atomic E-state index is -0.357. The maximum absolute atomic E-state index is 11.8. The lowest BCUT2D eigenvalue weighted by molar-refractivity contribution is 0.0929. The van der Waals surface area contributed by atoms with Gasteiger partial charge in [0, 0.05) is 10.3 Å². The summed E-state index contributed by atoms with van der Waals surface area (Å²) in [5.74, 6) is -0.103. The van der Waals surface area contributed by atoms with Gasteiger partial charge in [0.2, 0.25) is 0 Å². The normalized spacial score (nSPS) is 11.2. The van der Waals surface area contributed by atoms with Gasteiger partial charge < -0.3 is 4.42 Å². The van der Waals surface area contributed by atoms with E-state index in [4.69, 9.17) is 4.42 Å². The minimum absolute atomic E-state index is 0.254. The first-order valence-corrected chi connectivity index (χ1v) is 6.56. The van der Waals surface area contributed by atoms with Crippen LogP contribution in [0, 0.1) is 0 Å². The van der Waals surface area contributed by atoms with Crippen LogP contribution < -0.4 is 5.43 Å². The molecule has 0 unspecified atom stereocenters. The highest BCUT2D eigenvalue weighted by atomic mass is 32.1. The Balaban J connectivity index is 1.73. The Kier molecular flexibility index (Phi) is 3.12. The molecule has 0 aliphatic rings. The monoisotopic (exact) mass is 270 g/mol. The SMILES string of the molecule is O=C(N/N=C/c1cccs1)c1cc2ccccc2o1. The van der Waals surface area contributed by atoms with Crippen LogP contribution in [-0.2, 0) is 0 Å². The van der Waals surface area contributed by atoms with Gasteiger partial charge in [-0.15, -0.1) is 11.3 Å². The first-order valence-electron chi connectivity index (χ1n) is 5.68. The van der Waals surface area contributed by atoms with Crippen LogP contribution in [0.1, 0.15) is 15.4 Å². The minimum Gasteiger partial charge on any atom is -0.451 e. The number of nitrogens with one attached hydrogen (secondary N) is 1. The van der Waals surface area contributed by atoms with E-state index in [0.29, 0.717) is 5.58 Å². The van der Waals surface area contributed by atoms with E-state index < -0.39 is 0 Å². The van der Waals surface area contributed by atoms with Crippen LogP contribution in [0.25, 0.3) is 11.0 Å². The summed E-state index contributed by atoms with van der Waals surface area (Å²) in [5.41, 5.74) is 3.13. The number of rotatable bonds is 3. The van der Waals surface area contributed by atoms with Crippen molar-refractivity contribution < 1.29 is 9.21 Å². The second-order valence-corrected chi connectivity index (χ2v) is 4.84. The third kappa shape index (κ3) is 2.56. The predicted octanol–water partition coefficient (Wildman–Crippen LogP) is 3.26. The Hall–Kier alpha value is -2.40. The van der Waals surface area contributed by atoms with E-state index in [1.807, 2.05) is 41.8 Å². The van der Waals surface area contributed by atoms with Gasteiger partial charge in [0.15, 0.2) is 5.76 Å². The van der Waals surface area contributed by atoms with Crippen molar-refractivity contribution in [2.75, 3.05) is 0 Å². The van der Waals surface area contributed by atoms with Gasteiger partial charge in [-0.05, 0) is 23.6 Å². The molecule has 3 rings (SSSR count). The summed E-state index contributed by atoms with van der Waals surface area (Å²) >= 11 is 1.55. The topological polar surface area (TPSA) is 54.6 Å². The van der Waals surface area contributed by atoms with E-state index in [0.717, 1.165) is 10.3 Å². The van der Waals surface area contributed by atoms with Gasteiger partial charge in [0.1, 0.15) is 5.58 Å². The summed E-state index contributed by atoms with van der Waals surface area (Å²) in [6, 6.07) is 13.0. The molecule has 3 aromatic rings. The van der Waals surface area contributed by atoms with E-state index in [1.165, 1.54) is 0 Å². The second-order valence-electron chi connectivity index (χ2n) is 3.86. The lowest BCUT2D eigenvalue weighted by atomic mass is 10.2. The summed E-state index contributed by atoms with van der Waals surface area (Å²) in [6.07, 6.45) is 1.60. The van der Waals surface area contributed by atoms with Gasteiger partial charge in [-0.1, -0.05) is 24.3 Å². The molecule has 0 fully saturated rings. The lowest BCUT2D eigenvalue weighted by Gasteiger charge is -1.93. The fraction of sp³-hybridized carbons (Fsp3) is 0. The average Bonchev–Trinajstić information content (AvgIpc) is 3.07. The van der Waals surface area contributed by atoms with Crippen molar-refractivity contribution in [1.82, 2.24) is 5.43 Å². The van der Waals surface area contributed by atoms with Gasteiger partial charge >= 0.3 is 5.91 Å². The number of hydrogen-bond donors (Lipinski definition) is 1. The van der Waals surface area contributed by atoms with E-state index in [2.05, 4.69) is 10.5 Å². The summed E-state index contributed by atoms with van der Waals surface area (Å²) in [5, 5.41) is 6.73. The first-order chi connectivity index (χ1) is 9.33. The fourth-order valence-corrected chi connectivity index (χ4v) is 2.25. The smallest absolute Gasteiger partial charge is 0.307 e. The van der Waals surface area contributed by atoms with E-state index in [1.54, 1.807) is 23.6 Å². The highest BCUT2D eigenvalue weighted by Crippen LogP contribution is 2.18. The Morgan fingerprint density at radius 1 is 1.26 bits per heavy atom. The number of carbonyl (C=O) groups is 1. The number of nitrogens with zero attached hydrogens (tertiary/aromatic N) is 1. The number of para-hydroxylation sites is 1. The summed E-state index contributed by atoms with van der Waals surface area (Å²) in [4.78, 5) is 12.8. The molecule has 0 bridgehead atoms. The highest BCUT2D eigenvalue weighted by Gasteiger charge is 2.10. The van der Waals surface area contributed by atoms with Crippen LogP contribution in [0.3, 0.4) is 0 Å². The Morgan fingerprint density at radius 2 is 2.16 bits per heavy atom. The molecule has 1 amide bonds. The standard InChI is InChI=1S/C14H10N2O2S/c17-14(16-15-9-11-5-3-7-19-11)13-8-10-4-1-2-6-12(10)18-13/h1-9H,(H,16,17)/b15-9+. The molecule has 0 spiro atoms. The van der Waals surface area contributed by atoms with Crippen molar-refractivity contribution in [2.24, 2.45) is 5.10 Å². The summed E-state index contributed by atoms with van der Waals surface area (Å²) < 4.78 is 5.43. The summed E-state index contributed by atoms with van der Waals surface area (Å²) in [6.45, 7) is 0. The molecular weight excluding hydrogens is 260 g/mol. The zero-order valence-electron chi connectivity index (χ0n) is 9.87. The van der Waals surface area contributed by atoms with Crippen molar-refractivity contribution >= 4 is 34.4 Å². The quantitative estimate of drug-likeness (QED) is 0.586. The van der Waals surface area contributed by atoms with Gasteiger partial charge in [-0.3, -0.25) is 4.79 Å².